The van der Waals surface area contributed by atoms with E-state index in [1.54, 1.807) is 45.0 Å². The Morgan fingerprint density at radius 2 is 1.88 bits per heavy atom. The molecule has 0 fully saturated rings. The summed E-state index contributed by atoms with van der Waals surface area (Å²) in [5, 5.41) is 12.1. The number of methoxy groups -OCH3 is 1. The molecule has 0 radical (unpaired) electrons. The molecule has 1 aromatic carbocycles. The second-order valence-corrected chi connectivity index (χ2v) is 4.47. The Morgan fingerprint density at radius 1 is 1.35 bits per heavy atom. The van der Waals surface area contributed by atoms with Gasteiger partial charge in [-0.1, -0.05) is 12.1 Å². The standard InChI is InChI=1S/C13H19NO3/c1-9(15)10-5-7-11(8-6-10)14-12(16)13(2,3)17-4/h5-9,15H,1-4H3,(H,14,16). The van der Waals surface area contributed by atoms with Crippen molar-refractivity contribution >= 4 is 11.6 Å². The minimum atomic E-state index is -0.858. The van der Waals surface area contributed by atoms with Crippen LogP contribution < -0.4 is 5.32 Å². The average molecular weight is 237 g/mol. The van der Waals surface area contributed by atoms with Gasteiger partial charge < -0.3 is 15.2 Å². The quantitative estimate of drug-likeness (QED) is 0.843. The Morgan fingerprint density at radius 3 is 2.29 bits per heavy atom. The van der Waals surface area contributed by atoms with E-state index in [0.29, 0.717) is 5.69 Å². The van der Waals surface area contributed by atoms with Crippen molar-refractivity contribution in [1.82, 2.24) is 0 Å². The summed E-state index contributed by atoms with van der Waals surface area (Å²) in [7, 11) is 1.50. The summed E-state index contributed by atoms with van der Waals surface area (Å²) in [6.45, 7) is 5.10. The van der Waals surface area contributed by atoms with E-state index in [-0.39, 0.29) is 5.91 Å². The smallest absolute Gasteiger partial charge is 0.256 e. The number of hydrogen-bond acceptors (Lipinski definition) is 3. The van der Waals surface area contributed by atoms with Gasteiger partial charge in [0, 0.05) is 12.8 Å². The maximum atomic E-state index is 11.8. The summed E-state index contributed by atoms with van der Waals surface area (Å²) < 4.78 is 5.08. The highest BCUT2D eigenvalue weighted by Crippen LogP contribution is 2.17. The van der Waals surface area contributed by atoms with Gasteiger partial charge in [-0.3, -0.25) is 4.79 Å². The van der Waals surface area contributed by atoms with E-state index in [1.165, 1.54) is 7.11 Å². The fourth-order valence-electron chi connectivity index (χ4n) is 1.22. The highest BCUT2D eigenvalue weighted by molar-refractivity contribution is 5.96. The van der Waals surface area contributed by atoms with Crippen LogP contribution in [0.25, 0.3) is 0 Å². The number of nitrogens with one attached hydrogen (secondary N) is 1. The van der Waals surface area contributed by atoms with Gasteiger partial charge >= 0.3 is 0 Å². The summed E-state index contributed by atoms with van der Waals surface area (Å²) in [6, 6.07) is 7.07. The average Bonchev–Trinajstić information content (AvgIpc) is 2.29. The third-order valence-corrected chi connectivity index (χ3v) is 2.71. The van der Waals surface area contributed by atoms with Crippen molar-refractivity contribution in [3.63, 3.8) is 0 Å². The van der Waals surface area contributed by atoms with Crippen LogP contribution in [0.5, 0.6) is 0 Å². The van der Waals surface area contributed by atoms with E-state index in [1.807, 2.05) is 0 Å². The van der Waals surface area contributed by atoms with Crippen LogP contribution in [0.15, 0.2) is 24.3 Å². The summed E-state index contributed by atoms with van der Waals surface area (Å²) in [4.78, 5) is 11.8. The topological polar surface area (TPSA) is 58.6 Å². The molecule has 17 heavy (non-hydrogen) atoms. The zero-order valence-corrected chi connectivity index (χ0v) is 10.7. The Balaban J connectivity index is 2.73. The largest absolute Gasteiger partial charge is 0.389 e. The van der Waals surface area contributed by atoms with Gasteiger partial charge in [-0.25, -0.2) is 0 Å². The molecule has 0 aliphatic carbocycles. The molecule has 4 heteroatoms. The van der Waals surface area contributed by atoms with E-state index < -0.39 is 11.7 Å². The van der Waals surface area contributed by atoms with Gasteiger partial charge in [-0.2, -0.15) is 0 Å². The summed E-state index contributed by atoms with van der Waals surface area (Å²) in [5.74, 6) is -0.204. The predicted molar refractivity (Wildman–Crippen MR) is 66.8 cm³/mol. The van der Waals surface area contributed by atoms with Crippen LogP contribution in [0.3, 0.4) is 0 Å². The van der Waals surface area contributed by atoms with Crippen LogP contribution in [0, 0.1) is 0 Å². The molecule has 1 aromatic rings. The molecule has 4 nitrogen and oxygen atoms in total. The normalized spacial score (nSPS) is 13.2. The fraction of sp³-hybridized carbons (Fsp3) is 0.462. The number of ether oxygens (including phenoxy) is 1. The minimum Gasteiger partial charge on any atom is -0.389 e. The molecule has 1 rings (SSSR count). The number of benzene rings is 1. The van der Waals surface area contributed by atoms with Crippen molar-refractivity contribution in [2.45, 2.75) is 32.5 Å². The van der Waals surface area contributed by atoms with Crippen molar-refractivity contribution in [3.05, 3.63) is 29.8 Å². The van der Waals surface area contributed by atoms with Gasteiger partial charge in [0.1, 0.15) is 5.60 Å². The molecule has 0 bridgehead atoms. The van der Waals surface area contributed by atoms with E-state index in [0.717, 1.165) is 5.56 Å². The molecule has 94 valence electrons. The van der Waals surface area contributed by atoms with Gasteiger partial charge in [0.15, 0.2) is 0 Å². The van der Waals surface area contributed by atoms with Gasteiger partial charge in [-0.05, 0) is 38.5 Å². The number of carbonyl (C=O) groups is 1. The lowest BCUT2D eigenvalue weighted by atomic mass is 10.1. The van der Waals surface area contributed by atoms with E-state index in [2.05, 4.69) is 5.32 Å². The number of aliphatic hydroxyl groups is 1. The van der Waals surface area contributed by atoms with Crippen LogP contribution in [0.2, 0.25) is 0 Å². The first kappa shape index (κ1) is 13.7. The minimum absolute atomic E-state index is 0.204. The number of anilines is 1. The molecule has 0 spiro atoms. The maximum Gasteiger partial charge on any atom is 0.256 e. The fourth-order valence-corrected chi connectivity index (χ4v) is 1.22. The second kappa shape index (κ2) is 5.29. The number of aliphatic hydroxyl groups excluding tert-OH is 1. The molecule has 0 saturated carbocycles. The first-order valence-electron chi connectivity index (χ1n) is 5.51. The van der Waals surface area contributed by atoms with E-state index in [4.69, 9.17) is 4.74 Å². The second-order valence-electron chi connectivity index (χ2n) is 4.47. The monoisotopic (exact) mass is 237 g/mol. The first-order chi connectivity index (χ1) is 7.86. The summed E-state index contributed by atoms with van der Waals surface area (Å²) in [5.41, 5.74) is 0.640. The zero-order chi connectivity index (χ0) is 13.1. The van der Waals surface area contributed by atoms with Crippen molar-refractivity contribution < 1.29 is 14.6 Å². The number of amides is 1. The molecule has 0 aliphatic heterocycles. The van der Waals surface area contributed by atoms with E-state index >= 15 is 0 Å². The Bertz CT molecular complexity index is 382. The highest BCUT2D eigenvalue weighted by Gasteiger charge is 2.26. The predicted octanol–water partition coefficient (Wildman–Crippen LogP) is 2.10. The highest BCUT2D eigenvalue weighted by atomic mass is 16.5. The zero-order valence-electron chi connectivity index (χ0n) is 10.7. The Kier molecular flexibility index (Phi) is 4.26. The van der Waals surface area contributed by atoms with Crippen LogP contribution in [-0.4, -0.2) is 23.7 Å². The summed E-state index contributed by atoms with van der Waals surface area (Å²) in [6.07, 6.45) is -0.504. The summed E-state index contributed by atoms with van der Waals surface area (Å²) >= 11 is 0. The molecule has 2 N–H and O–H groups in total. The third kappa shape index (κ3) is 3.54. The number of hydrogen-bond donors (Lipinski definition) is 2. The molecule has 1 unspecified atom stereocenters. The first-order valence-corrected chi connectivity index (χ1v) is 5.51. The molecule has 0 aliphatic rings. The van der Waals surface area contributed by atoms with Crippen LogP contribution in [-0.2, 0) is 9.53 Å². The van der Waals surface area contributed by atoms with Crippen molar-refractivity contribution in [2.24, 2.45) is 0 Å². The van der Waals surface area contributed by atoms with Crippen LogP contribution in [0.4, 0.5) is 5.69 Å². The van der Waals surface area contributed by atoms with E-state index in [9.17, 15) is 9.90 Å². The number of rotatable bonds is 4. The lowest BCUT2D eigenvalue weighted by Crippen LogP contribution is -2.38. The van der Waals surface area contributed by atoms with Gasteiger partial charge in [0.25, 0.3) is 5.91 Å². The van der Waals surface area contributed by atoms with Gasteiger partial charge in [0.05, 0.1) is 6.10 Å². The lowest BCUT2D eigenvalue weighted by molar-refractivity contribution is -0.133. The van der Waals surface area contributed by atoms with Crippen molar-refractivity contribution in [1.29, 1.82) is 0 Å². The Labute approximate surface area is 102 Å². The molecule has 1 atom stereocenters. The van der Waals surface area contributed by atoms with Crippen molar-refractivity contribution in [2.75, 3.05) is 12.4 Å². The maximum absolute atomic E-state index is 11.8. The van der Waals surface area contributed by atoms with Crippen LogP contribution in [0.1, 0.15) is 32.4 Å². The Hall–Kier alpha value is -1.39. The number of carbonyl (C=O) groups excluding carboxylic acids is 1. The van der Waals surface area contributed by atoms with Gasteiger partial charge in [0.2, 0.25) is 0 Å². The molecule has 0 saturated heterocycles. The molecule has 0 aromatic heterocycles. The lowest BCUT2D eigenvalue weighted by Gasteiger charge is -2.21. The van der Waals surface area contributed by atoms with Gasteiger partial charge in [-0.15, -0.1) is 0 Å². The third-order valence-electron chi connectivity index (χ3n) is 2.71. The van der Waals surface area contributed by atoms with Crippen LogP contribution >= 0.6 is 0 Å². The molecule has 1 amide bonds. The SMILES string of the molecule is COC(C)(C)C(=O)Nc1ccc(C(C)O)cc1. The molecular weight excluding hydrogens is 218 g/mol. The van der Waals surface area contributed by atoms with Crippen molar-refractivity contribution in [3.8, 4) is 0 Å². The molecular formula is C13H19NO3. The molecule has 0 heterocycles.